The molecule has 0 aliphatic rings. The number of aliphatic hydroxyl groups excluding tert-OH is 1. The van der Waals surface area contributed by atoms with E-state index in [1.54, 1.807) is 0 Å². The average molecular weight is 626 g/mol. The summed E-state index contributed by atoms with van der Waals surface area (Å²) < 4.78 is 2.30. The van der Waals surface area contributed by atoms with E-state index in [1.165, 1.54) is 36.2 Å². The van der Waals surface area contributed by atoms with Gasteiger partial charge in [0.15, 0.2) is 5.78 Å². The molecule has 1 N–H and O–H groups in total. The maximum Gasteiger partial charge on any atom is 0.155 e. The van der Waals surface area contributed by atoms with Gasteiger partial charge in [-0.1, -0.05) is 53.9 Å². The van der Waals surface area contributed by atoms with E-state index in [9.17, 15) is 4.79 Å². The van der Waals surface area contributed by atoms with Crippen LogP contribution in [0.3, 0.4) is 0 Å². The van der Waals surface area contributed by atoms with E-state index in [4.69, 9.17) is 5.11 Å². The SMILES string of the molecule is CC(=O)/C=C(/C)O.Cc1ccc(-c2[c-]cc3c(c2)c2ccccc2n3-c2ccccc2)nc1.[Ir]. The number of carbonyl (C=O) groups excluding carboxylic acids is 1. The van der Waals surface area contributed by atoms with Crippen LogP contribution >= 0.6 is 0 Å². The summed E-state index contributed by atoms with van der Waals surface area (Å²) in [5.41, 5.74) is 6.66. The first-order valence-electron chi connectivity index (χ1n) is 10.7. The molecule has 1 radical (unpaired) electrons. The van der Waals surface area contributed by atoms with Crippen molar-refractivity contribution in [1.82, 2.24) is 9.55 Å². The molecule has 173 valence electrons. The Morgan fingerprint density at radius 1 is 0.941 bits per heavy atom. The fourth-order valence-electron chi connectivity index (χ4n) is 3.84. The van der Waals surface area contributed by atoms with Crippen molar-refractivity contribution in [1.29, 1.82) is 0 Å². The molecule has 5 heteroatoms. The first kappa shape index (κ1) is 25.1. The van der Waals surface area contributed by atoms with Crippen LogP contribution in [0.5, 0.6) is 0 Å². The minimum absolute atomic E-state index is 0. The Bertz CT molecular complexity index is 1450. The standard InChI is InChI=1S/C24H17N2.C5H8O2.Ir/c1-17-11-13-22(25-16-17)18-12-14-24-21(15-18)20-9-5-6-10-23(20)26(24)19-7-3-2-4-8-19;1-4(6)3-5(2)7;/h2-11,13-16H,1H3;3,6H,1-2H3;/q-1;;/b;4-3-;. The summed E-state index contributed by atoms with van der Waals surface area (Å²) in [7, 11) is 0. The normalized spacial score (nSPS) is 11.0. The number of carbonyl (C=O) groups is 1. The van der Waals surface area contributed by atoms with Gasteiger partial charge in [-0.05, 0) is 61.1 Å². The Kier molecular flexibility index (Phi) is 8.17. The van der Waals surface area contributed by atoms with E-state index < -0.39 is 0 Å². The summed E-state index contributed by atoms with van der Waals surface area (Å²) in [6.07, 6.45) is 3.07. The molecule has 0 saturated carbocycles. The molecule has 2 aromatic heterocycles. The minimum Gasteiger partial charge on any atom is -0.512 e. The molecule has 2 heterocycles. The van der Waals surface area contributed by atoms with Crippen LogP contribution < -0.4 is 0 Å². The van der Waals surface area contributed by atoms with E-state index in [0.717, 1.165) is 28.0 Å². The number of ketones is 1. The zero-order valence-electron chi connectivity index (χ0n) is 19.2. The molecule has 0 aliphatic heterocycles. The summed E-state index contributed by atoms with van der Waals surface area (Å²) in [6.45, 7) is 4.90. The van der Waals surface area contributed by atoms with E-state index in [-0.39, 0.29) is 31.6 Å². The number of pyridine rings is 1. The van der Waals surface area contributed by atoms with Crippen molar-refractivity contribution in [3.05, 3.63) is 109 Å². The first-order valence-corrected chi connectivity index (χ1v) is 10.7. The van der Waals surface area contributed by atoms with Crippen LogP contribution in [0.2, 0.25) is 0 Å². The van der Waals surface area contributed by atoms with Crippen LogP contribution in [0.25, 0.3) is 38.8 Å². The average Bonchev–Trinajstić information content (AvgIpc) is 3.13. The van der Waals surface area contributed by atoms with Crippen molar-refractivity contribution < 1.29 is 30.0 Å². The molecule has 0 bridgehead atoms. The summed E-state index contributed by atoms with van der Waals surface area (Å²) in [5.74, 6) is -0.0625. The number of fused-ring (bicyclic) bond motifs is 3. The van der Waals surface area contributed by atoms with Crippen molar-refractivity contribution in [3.63, 3.8) is 0 Å². The predicted molar refractivity (Wildman–Crippen MR) is 135 cm³/mol. The Morgan fingerprint density at radius 2 is 1.65 bits per heavy atom. The molecule has 0 aliphatic carbocycles. The van der Waals surface area contributed by atoms with E-state index in [1.807, 2.05) is 12.3 Å². The van der Waals surface area contributed by atoms with E-state index in [0.29, 0.717) is 0 Å². The number of benzene rings is 3. The molecule has 34 heavy (non-hydrogen) atoms. The fraction of sp³-hybridized carbons (Fsp3) is 0.103. The third kappa shape index (κ3) is 5.50. The maximum atomic E-state index is 10.0. The number of hydrogen-bond acceptors (Lipinski definition) is 3. The number of para-hydroxylation sites is 2. The van der Waals surface area contributed by atoms with E-state index >= 15 is 0 Å². The fourth-order valence-corrected chi connectivity index (χ4v) is 3.84. The molecule has 5 rings (SSSR count). The van der Waals surface area contributed by atoms with Gasteiger partial charge in [0.1, 0.15) is 0 Å². The van der Waals surface area contributed by atoms with Gasteiger partial charge >= 0.3 is 0 Å². The van der Waals surface area contributed by atoms with Crippen LogP contribution in [-0.4, -0.2) is 20.4 Å². The quantitative estimate of drug-likeness (QED) is 0.134. The smallest absolute Gasteiger partial charge is 0.155 e. The number of aromatic nitrogens is 2. The topological polar surface area (TPSA) is 55.1 Å². The van der Waals surface area contributed by atoms with Crippen LogP contribution in [0.1, 0.15) is 19.4 Å². The van der Waals surface area contributed by atoms with Gasteiger partial charge in [-0.15, -0.1) is 23.8 Å². The van der Waals surface area contributed by atoms with Gasteiger partial charge in [-0.3, -0.25) is 4.79 Å². The minimum atomic E-state index is -0.125. The Hall–Kier alpha value is -3.53. The zero-order valence-corrected chi connectivity index (χ0v) is 21.6. The van der Waals surface area contributed by atoms with Gasteiger partial charge in [0.25, 0.3) is 0 Å². The van der Waals surface area contributed by atoms with Gasteiger partial charge in [-0.25, -0.2) is 0 Å². The molecule has 0 saturated heterocycles. The summed E-state index contributed by atoms with van der Waals surface area (Å²) >= 11 is 0. The number of allylic oxidation sites excluding steroid dienone is 2. The van der Waals surface area contributed by atoms with Crippen molar-refractivity contribution in [3.8, 4) is 16.9 Å². The molecule has 0 fully saturated rings. The van der Waals surface area contributed by atoms with E-state index in [2.05, 4.69) is 95.3 Å². The van der Waals surface area contributed by atoms with Gasteiger partial charge in [0.2, 0.25) is 0 Å². The number of rotatable bonds is 3. The molecule has 0 amide bonds. The molecule has 0 unspecified atom stereocenters. The second kappa shape index (κ2) is 11.1. The molecule has 0 spiro atoms. The predicted octanol–water partition coefficient (Wildman–Crippen LogP) is 6.99. The monoisotopic (exact) mass is 626 g/mol. The van der Waals surface area contributed by atoms with Crippen molar-refractivity contribution in [2.75, 3.05) is 0 Å². The molecule has 0 atom stereocenters. The van der Waals surface area contributed by atoms with Crippen molar-refractivity contribution in [2.45, 2.75) is 20.8 Å². The third-order valence-electron chi connectivity index (χ3n) is 5.22. The first-order chi connectivity index (χ1) is 15.9. The van der Waals surface area contributed by atoms with Gasteiger partial charge in [-0.2, -0.15) is 0 Å². The molecular weight excluding hydrogens is 601 g/mol. The van der Waals surface area contributed by atoms with Gasteiger partial charge in [0.05, 0.1) is 5.76 Å². The number of aryl methyl sites for hydroxylation is 1. The number of hydrogen-bond donors (Lipinski definition) is 1. The second-order valence-electron chi connectivity index (χ2n) is 7.95. The molecule has 5 aromatic rings. The van der Waals surface area contributed by atoms with Crippen molar-refractivity contribution >= 4 is 27.6 Å². The van der Waals surface area contributed by atoms with Crippen LogP contribution in [0.15, 0.2) is 96.9 Å². The Morgan fingerprint density at radius 3 is 2.26 bits per heavy atom. The number of nitrogens with zero attached hydrogens (tertiary/aromatic N) is 2. The summed E-state index contributed by atoms with van der Waals surface area (Å²) in [6, 6.07) is 30.9. The Balaban J connectivity index is 0.000000357. The van der Waals surface area contributed by atoms with Crippen LogP contribution in [0.4, 0.5) is 0 Å². The zero-order chi connectivity index (χ0) is 23.4. The maximum absolute atomic E-state index is 10.0. The third-order valence-corrected chi connectivity index (χ3v) is 5.22. The summed E-state index contributed by atoms with van der Waals surface area (Å²) in [5, 5.41) is 10.8. The van der Waals surface area contributed by atoms with Gasteiger partial charge < -0.3 is 14.7 Å². The number of aliphatic hydroxyl groups is 1. The van der Waals surface area contributed by atoms with Crippen LogP contribution in [-0.2, 0) is 24.9 Å². The summed E-state index contributed by atoms with van der Waals surface area (Å²) in [4.78, 5) is 14.6. The molecule has 3 aromatic carbocycles. The largest absolute Gasteiger partial charge is 0.512 e. The Labute approximate surface area is 212 Å². The van der Waals surface area contributed by atoms with Crippen LogP contribution in [0, 0.1) is 13.0 Å². The van der Waals surface area contributed by atoms with Crippen molar-refractivity contribution in [2.24, 2.45) is 0 Å². The molecular formula is C29H25IrN2O2-. The van der Waals surface area contributed by atoms with Gasteiger partial charge in [0, 0.05) is 43.6 Å². The second-order valence-corrected chi connectivity index (χ2v) is 7.95. The molecule has 4 nitrogen and oxygen atoms in total.